The lowest BCUT2D eigenvalue weighted by molar-refractivity contribution is 0.104. The minimum atomic E-state index is 0.0642. The Kier molecular flexibility index (Phi) is 7.24. The molecule has 0 aromatic carbocycles. The van der Waals surface area contributed by atoms with Gasteiger partial charge >= 0.3 is 0 Å². The Balaban J connectivity index is 1.19. The normalized spacial score (nSPS) is 11.7. The maximum atomic E-state index is 13.2. The fourth-order valence-corrected chi connectivity index (χ4v) is 10.3. The quantitative estimate of drug-likeness (QED) is 0.131. The summed E-state index contributed by atoms with van der Waals surface area (Å²) >= 11 is 10.8. The zero-order chi connectivity index (χ0) is 26.4. The molecular formula is C31H24OS6. The van der Waals surface area contributed by atoms with Crippen LogP contribution in [-0.2, 0) is 0 Å². The predicted molar refractivity (Wildman–Crippen MR) is 174 cm³/mol. The molecule has 0 aliphatic heterocycles. The summed E-state index contributed by atoms with van der Waals surface area (Å²) in [6, 6.07) is 21.8. The van der Waals surface area contributed by atoms with E-state index in [-0.39, 0.29) is 5.78 Å². The molecule has 0 aliphatic carbocycles. The van der Waals surface area contributed by atoms with Crippen LogP contribution in [0.1, 0.15) is 35.4 Å². The van der Waals surface area contributed by atoms with Gasteiger partial charge in [0.05, 0.1) is 0 Å². The Morgan fingerprint density at radius 3 is 1.50 bits per heavy atom. The molecule has 0 bridgehead atoms. The van der Waals surface area contributed by atoms with E-state index in [9.17, 15) is 4.79 Å². The van der Waals surface area contributed by atoms with E-state index in [1.807, 2.05) is 47.0 Å². The molecule has 0 atom stereocenters. The second kappa shape index (κ2) is 10.6. The maximum absolute atomic E-state index is 13.2. The number of ketones is 1. The maximum Gasteiger partial charge on any atom is 0.186 e. The van der Waals surface area contributed by atoms with E-state index in [1.54, 1.807) is 40.1 Å². The first-order chi connectivity index (χ1) is 18.3. The Morgan fingerprint density at radius 1 is 0.526 bits per heavy atom. The number of carbonyl (C=O) groups is 1. The van der Waals surface area contributed by atoms with Crippen molar-refractivity contribution >= 4 is 79.9 Å². The molecule has 6 aromatic heterocycles. The number of hydrogen-bond donors (Lipinski definition) is 0. The highest BCUT2D eigenvalue weighted by Gasteiger charge is 2.16. The van der Waals surface area contributed by atoms with Gasteiger partial charge in [-0.25, -0.2) is 0 Å². The average Bonchev–Trinajstić information content (AvgIpc) is 3.70. The minimum Gasteiger partial charge on any atom is -0.289 e. The minimum absolute atomic E-state index is 0.0642. The highest BCUT2D eigenvalue weighted by Crippen LogP contribution is 2.42. The van der Waals surface area contributed by atoms with Crippen molar-refractivity contribution in [2.45, 2.75) is 27.7 Å². The topological polar surface area (TPSA) is 17.1 Å². The van der Waals surface area contributed by atoms with Crippen molar-refractivity contribution in [3.63, 3.8) is 0 Å². The molecule has 38 heavy (non-hydrogen) atoms. The molecule has 0 unspecified atom stereocenters. The Hall–Kier alpha value is -2.39. The molecule has 0 aliphatic rings. The third-order valence-electron chi connectivity index (χ3n) is 6.22. The van der Waals surface area contributed by atoms with Gasteiger partial charge in [0, 0.05) is 64.1 Å². The van der Waals surface area contributed by atoms with Crippen molar-refractivity contribution < 1.29 is 4.79 Å². The molecule has 6 aromatic rings. The van der Waals surface area contributed by atoms with Crippen LogP contribution >= 0.6 is 68.0 Å². The molecule has 0 spiro atoms. The zero-order valence-electron chi connectivity index (χ0n) is 21.3. The molecule has 1 nitrogen and oxygen atoms in total. The summed E-state index contributed by atoms with van der Waals surface area (Å²) in [5.41, 5.74) is 1.91. The largest absolute Gasteiger partial charge is 0.289 e. The van der Waals surface area contributed by atoms with Crippen LogP contribution in [0.5, 0.6) is 0 Å². The van der Waals surface area contributed by atoms with Gasteiger partial charge in [-0.05, 0) is 106 Å². The zero-order valence-corrected chi connectivity index (χ0v) is 26.2. The summed E-state index contributed by atoms with van der Waals surface area (Å²) in [7, 11) is 0. The SMILES string of the molecule is Cc1ccc(-c2ccc(-c3cc(/C=C/C(=O)c4cc(-c5ccc(-c6ccc(C)s6)s5)sc4C)c(C)s3)s2)s1. The highest BCUT2D eigenvalue weighted by atomic mass is 32.1. The molecule has 6 rings (SSSR count). The van der Waals surface area contributed by atoms with Crippen LogP contribution in [0.3, 0.4) is 0 Å². The van der Waals surface area contributed by atoms with Crippen LogP contribution < -0.4 is 0 Å². The van der Waals surface area contributed by atoms with Gasteiger partial charge in [-0.3, -0.25) is 4.79 Å². The van der Waals surface area contributed by atoms with Crippen molar-refractivity contribution in [1.29, 1.82) is 0 Å². The lowest BCUT2D eigenvalue weighted by atomic mass is 10.1. The summed E-state index contributed by atoms with van der Waals surface area (Å²) in [6.07, 6.45) is 3.72. The summed E-state index contributed by atoms with van der Waals surface area (Å²) < 4.78 is 0. The lowest BCUT2D eigenvalue weighted by Crippen LogP contribution is -1.93. The number of allylic oxidation sites excluding steroid dienone is 1. The van der Waals surface area contributed by atoms with Gasteiger partial charge in [0.2, 0.25) is 0 Å². The van der Waals surface area contributed by atoms with Gasteiger partial charge in [0.1, 0.15) is 0 Å². The standard InChI is InChI=1S/C31H24OS6/c1-17-5-9-24(33-17)26-11-13-28(37-26)30-15-21(19(3)35-30)7-8-23(32)22-16-31(36-20(22)4)29-14-12-27(38-29)25-10-6-18(2)34-25/h5-16H,1-4H3/b8-7+. The number of hydrogen-bond acceptors (Lipinski definition) is 7. The summed E-state index contributed by atoms with van der Waals surface area (Å²) in [5, 5.41) is 0. The van der Waals surface area contributed by atoms with Gasteiger partial charge in [0.15, 0.2) is 5.78 Å². The van der Waals surface area contributed by atoms with E-state index < -0.39 is 0 Å². The van der Waals surface area contributed by atoms with Crippen molar-refractivity contribution in [3.05, 3.63) is 97.4 Å². The third-order valence-corrected chi connectivity index (χ3v) is 13.3. The second-order valence-corrected chi connectivity index (χ2v) is 16.3. The smallest absolute Gasteiger partial charge is 0.186 e. The summed E-state index contributed by atoms with van der Waals surface area (Å²) in [6.45, 7) is 8.46. The first-order valence-corrected chi connectivity index (χ1v) is 17.0. The molecule has 190 valence electrons. The summed E-state index contributed by atoms with van der Waals surface area (Å²) in [4.78, 5) is 28.3. The monoisotopic (exact) mass is 604 g/mol. The number of thiophene rings is 6. The fraction of sp³-hybridized carbons (Fsp3) is 0.129. The van der Waals surface area contributed by atoms with Crippen molar-refractivity contribution in [1.82, 2.24) is 0 Å². The molecule has 6 heterocycles. The molecule has 0 N–H and O–H groups in total. The van der Waals surface area contributed by atoms with E-state index >= 15 is 0 Å². The van der Waals surface area contributed by atoms with E-state index in [0.717, 1.165) is 20.9 Å². The van der Waals surface area contributed by atoms with Crippen LogP contribution in [0.15, 0.2) is 66.7 Å². The Morgan fingerprint density at radius 2 is 0.974 bits per heavy atom. The number of aryl methyl sites for hydroxylation is 4. The predicted octanol–water partition coefficient (Wildman–Crippen LogP) is 11.9. The third kappa shape index (κ3) is 5.24. The van der Waals surface area contributed by atoms with Crippen LogP contribution in [0.2, 0.25) is 0 Å². The summed E-state index contributed by atoms with van der Waals surface area (Å²) in [5.74, 6) is 0.0642. The van der Waals surface area contributed by atoms with Crippen LogP contribution in [-0.4, -0.2) is 5.78 Å². The molecule has 0 saturated heterocycles. The van der Waals surface area contributed by atoms with E-state index in [0.29, 0.717) is 0 Å². The van der Waals surface area contributed by atoms with Crippen LogP contribution in [0, 0.1) is 27.7 Å². The Bertz CT molecular complexity index is 1790. The number of rotatable bonds is 7. The van der Waals surface area contributed by atoms with Gasteiger partial charge in [-0.2, -0.15) is 0 Å². The number of carbonyl (C=O) groups excluding carboxylic acids is 1. The lowest BCUT2D eigenvalue weighted by Gasteiger charge is -1.93. The van der Waals surface area contributed by atoms with Gasteiger partial charge < -0.3 is 0 Å². The second-order valence-electron chi connectivity index (χ2n) is 9.05. The molecule has 0 saturated carbocycles. The molecular weight excluding hydrogens is 581 g/mol. The first-order valence-electron chi connectivity index (χ1n) is 12.1. The van der Waals surface area contributed by atoms with E-state index in [1.165, 1.54) is 48.8 Å². The van der Waals surface area contributed by atoms with Gasteiger partial charge in [0.25, 0.3) is 0 Å². The molecule has 0 radical (unpaired) electrons. The molecule has 7 heteroatoms. The molecule has 0 amide bonds. The first kappa shape index (κ1) is 25.9. The van der Waals surface area contributed by atoms with Crippen molar-refractivity contribution in [3.8, 4) is 39.0 Å². The van der Waals surface area contributed by atoms with Crippen molar-refractivity contribution in [2.24, 2.45) is 0 Å². The van der Waals surface area contributed by atoms with Crippen LogP contribution in [0.4, 0.5) is 0 Å². The van der Waals surface area contributed by atoms with E-state index in [4.69, 9.17) is 0 Å². The van der Waals surface area contributed by atoms with E-state index in [2.05, 4.69) is 81.4 Å². The molecule has 0 fully saturated rings. The average molecular weight is 605 g/mol. The highest BCUT2D eigenvalue weighted by molar-refractivity contribution is 7.27. The van der Waals surface area contributed by atoms with Gasteiger partial charge in [-0.1, -0.05) is 0 Å². The van der Waals surface area contributed by atoms with Crippen molar-refractivity contribution in [2.75, 3.05) is 0 Å². The van der Waals surface area contributed by atoms with Crippen LogP contribution in [0.25, 0.3) is 45.1 Å². The fourth-order valence-electron chi connectivity index (χ4n) is 4.23. The Labute approximate surface area is 247 Å². The van der Waals surface area contributed by atoms with Gasteiger partial charge in [-0.15, -0.1) is 68.0 Å².